The van der Waals surface area contributed by atoms with Gasteiger partial charge in [0.15, 0.2) is 0 Å². The molecule has 13 heavy (non-hydrogen) atoms. The molecule has 1 fully saturated rings. The molecule has 0 spiro atoms. The lowest BCUT2D eigenvalue weighted by molar-refractivity contribution is -0.132. The Labute approximate surface area is 78.9 Å². The minimum Gasteiger partial charge on any atom is -0.396 e. The zero-order valence-electron chi connectivity index (χ0n) is 8.12. The summed E-state index contributed by atoms with van der Waals surface area (Å²) in [5, 5.41) is 11.9. The van der Waals surface area contributed by atoms with E-state index >= 15 is 0 Å². The Balaban J connectivity index is 2.56. The predicted octanol–water partition coefficient (Wildman–Crippen LogP) is -0.421. The van der Waals surface area contributed by atoms with Crippen LogP contribution in [-0.2, 0) is 4.79 Å². The molecule has 0 radical (unpaired) electrons. The molecule has 0 aromatic carbocycles. The number of hydrogen-bond acceptors (Lipinski definition) is 3. The quantitative estimate of drug-likeness (QED) is 0.629. The van der Waals surface area contributed by atoms with Crippen molar-refractivity contribution in [3.8, 4) is 0 Å². The number of carbonyl (C=O) groups is 1. The Hall–Kier alpha value is -0.610. The zero-order valence-corrected chi connectivity index (χ0v) is 8.12. The lowest BCUT2D eigenvalue weighted by Crippen LogP contribution is -2.43. The molecule has 4 nitrogen and oxygen atoms in total. The number of likely N-dealkylation sites (N-methyl/N-ethyl adjacent to an activating group) is 1. The number of aliphatic hydroxyl groups excluding tert-OH is 1. The van der Waals surface area contributed by atoms with E-state index in [1.54, 1.807) is 0 Å². The van der Waals surface area contributed by atoms with Gasteiger partial charge in [-0.3, -0.25) is 4.79 Å². The third-order valence-corrected chi connectivity index (χ3v) is 2.40. The monoisotopic (exact) mass is 186 g/mol. The molecular weight excluding hydrogens is 168 g/mol. The van der Waals surface area contributed by atoms with E-state index in [0.717, 1.165) is 26.1 Å². The van der Waals surface area contributed by atoms with Crippen molar-refractivity contribution in [1.82, 2.24) is 10.2 Å². The number of hydrogen-bond donors (Lipinski definition) is 2. The summed E-state index contributed by atoms with van der Waals surface area (Å²) in [6.45, 7) is 4.53. The molecule has 1 unspecified atom stereocenters. The molecule has 1 atom stereocenters. The van der Waals surface area contributed by atoms with Gasteiger partial charge in [0.1, 0.15) is 0 Å². The van der Waals surface area contributed by atoms with Crippen molar-refractivity contribution in [2.24, 2.45) is 0 Å². The molecule has 0 aromatic heterocycles. The maximum Gasteiger partial charge on any atom is 0.239 e. The number of rotatable bonds is 3. The van der Waals surface area contributed by atoms with Gasteiger partial charge in [-0.25, -0.2) is 0 Å². The lowest BCUT2D eigenvalue weighted by Gasteiger charge is -2.22. The lowest BCUT2D eigenvalue weighted by atomic mass is 10.2. The van der Waals surface area contributed by atoms with Crippen molar-refractivity contribution in [2.75, 3.05) is 26.2 Å². The highest BCUT2D eigenvalue weighted by atomic mass is 16.3. The molecule has 76 valence electrons. The van der Waals surface area contributed by atoms with Crippen LogP contribution in [0, 0.1) is 0 Å². The summed E-state index contributed by atoms with van der Waals surface area (Å²) in [6, 6.07) is -0.174. The SMILES string of the molecule is CCN1CCCNC(CCO)C1=O. The Morgan fingerprint density at radius 1 is 1.69 bits per heavy atom. The summed E-state index contributed by atoms with van der Waals surface area (Å²) >= 11 is 0. The van der Waals surface area contributed by atoms with Crippen molar-refractivity contribution >= 4 is 5.91 Å². The molecule has 1 heterocycles. The van der Waals surface area contributed by atoms with E-state index in [-0.39, 0.29) is 18.6 Å². The molecule has 1 rings (SSSR count). The first-order chi connectivity index (χ1) is 6.29. The number of amides is 1. The summed E-state index contributed by atoms with van der Waals surface area (Å²) in [4.78, 5) is 13.6. The van der Waals surface area contributed by atoms with E-state index in [1.165, 1.54) is 0 Å². The van der Waals surface area contributed by atoms with Gasteiger partial charge in [-0.2, -0.15) is 0 Å². The molecule has 2 N–H and O–H groups in total. The smallest absolute Gasteiger partial charge is 0.239 e. The van der Waals surface area contributed by atoms with Gasteiger partial charge in [-0.05, 0) is 26.3 Å². The summed E-state index contributed by atoms with van der Waals surface area (Å²) in [7, 11) is 0. The maximum absolute atomic E-state index is 11.7. The van der Waals surface area contributed by atoms with Crippen LogP contribution in [0.25, 0.3) is 0 Å². The van der Waals surface area contributed by atoms with Crippen molar-refractivity contribution in [1.29, 1.82) is 0 Å². The molecule has 1 saturated heterocycles. The largest absolute Gasteiger partial charge is 0.396 e. The van der Waals surface area contributed by atoms with E-state index < -0.39 is 0 Å². The third kappa shape index (κ3) is 2.67. The van der Waals surface area contributed by atoms with Gasteiger partial charge in [0.2, 0.25) is 5.91 Å². The van der Waals surface area contributed by atoms with Crippen LogP contribution in [0.1, 0.15) is 19.8 Å². The van der Waals surface area contributed by atoms with Crippen molar-refractivity contribution < 1.29 is 9.90 Å². The Bertz CT molecular complexity index is 173. The number of aliphatic hydroxyl groups is 1. The third-order valence-electron chi connectivity index (χ3n) is 2.40. The molecule has 1 amide bonds. The Morgan fingerprint density at radius 2 is 2.46 bits per heavy atom. The minimum absolute atomic E-state index is 0.0704. The molecule has 0 saturated carbocycles. The van der Waals surface area contributed by atoms with E-state index in [9.17, 15) is 4.79 Å². The molecule has 0 bridgehead atoms. The zero-order chi connectivity index (χ0) is 9.68. The molecule has 1 aliphatic heterocycles. The fraction of sp³-hybridized carbons (Fsp3) is 0.889. The van der Waals surface area contributed by atoms with Gasteiger partial charge in [0.05, 0.1) is 6.04 Å². The predicted molar refractivity (Wildman–Crippen MR) is 50.4 cm³/mol. The molecule has 0 aliphatic carbocycles. The first-order valence-corrected chi connectivity index (χ1v) is 4.92. The number of carbonyl (C=O) groups excluding carboxylic acids is 1. The van der Waals surface area contributed by atoms with Crippen LogP contribution in [0.2, 0.25) is 0 Å². The van der Waals surface area contributed by atoms with Crippen LogP contribution in [0.3, 0.4) is 0 Å². The van der Waals surface area contributed by atoms with Crippen LogP contribution in [-0.4, -0.2) is 48.2 Å². The first-order valence-electron chi connectivity index (χ1n) is 4.92. The molecule has 1 aliphatic rings. The first kappa shape index (κ1) is 10.5. The number of nitrogens with one attached hydrogen (secondary N) is 1. The van der Waals surface area contributed by atoms with E-state index in [1.807, 2.05) is 11.8 Å². The van der Waals surface area contributed by atoms with E-state index in [0.29, 0.717) is 6.42 Å². The Kier molecular flexibility index (Phi) is 4.18. The van der Waals surface area contributed by atoms with Crippen LogP contribution < -0.4 is 5.32 Å². The second-order valence-corrected chi connectivity index (χ2v) is 3.29. The second-order valence-electron chi connectivity index (χ2n) is 3.29. The fourth-order valence-electron chi connectivity index (χ4n) is 1.63. The average Bonchev–Trinajstić information content (AvgIpc) is 2.30. The van der Waals surface area contributed by atoms with Crippen LogP contribution in [0.15, 0.2) is 0 Å². The van der Waals surface area contributed by atoms with Crippen molar-refractivity contribution in [3.05, 3.63) is 0 Å². The second kappa shape index (κ2) is 5.19. The topological polar surface area (TPSA) is 52.6 Å². The van der Waals surface area contributed by atoms with Gasteiger partial charge in [0.25, 0.3) is 0 Å². The van der Waals surface area contributed by atoms with Gasteiger partial charge >= 0.3 is 0 Å². The highest BCUT2D eigenvalue weighted by Crippen LogP contribution is 2.04. The van der Waals surface area contributed by atoms with Crippen LogP contribution >= 0.6 is 0 Å². The van der Waals surface area contributed by atoms with Crippen LogP contribution in [0.5, 0.6) is 0 Å². The molecule has 0 aromatic rings. The van der Waals surface area contributed by atoms with E-state index in [4.69, 9.17) is 5.11 Å². The molecular formula is C9H18N2O2. The van der Waals surface area contributed by atoms with Gasteiger partial charge in [-0.1, -0.05) is 0 Å². The average molecular weight is 186 g/mol. The van der Waals surface area contributed by atoms with Crippen molar-refractivity contribution in [2.45, 2.75) is 25.8 Å². The van der Waals surface area contributed by atoms with Gasteiger partial charge in [-0.15, -0.1) is 0 Å². The fourth-order valence-corrected chi connectivity index (χ4v) is 1.63. The highest BCUT2D eigenvalue weighted by molar-refractivity contribution is 5.82. The van der Waals surface area contributed by atoms with Gasteiger partial charge in [0, 0.05) is 19.7 Å². The van der Waals surface area contributed by atoms with Crippen molar-refractivity contribution in [3.63, 3.8) is 0 Å². The van der Waals surface area contributed by atoms with E-state index in [2.05, 4.69) is 5.32 Å². The maximum atomic E-state index is 11.7. The normalized spacial score (nSPS) is 24.6. The van der Waals surface area contributed by atoms with Gasteiger partial charge < -0.3 is 15.3 Å². The highest BCUT2D eigenvalue weighted by Gasteiger charge is 2.24. The summed E-state index contributed by atoms with van der Waals surface area (Å²) in [6.07, 6.45) is 1.52. The minimum atomic E-state index is -0.174. The summed E-state index contributed by atoms with van der Waals surface area (Å²) in [5.41, 5.74) is 0. The van der Waals surface area contributed by atoms with Crippen LogP contribution in [0.4, 0.5) is 0 Å². The Morgan fingerprint density at radius 3 is 3.08 bits per heavy atom. The number of nitrogens with zero attached hydrogens (tertiary/aromatic N) is 1. The standard InChI is InChI=1S/C9H18N2O2/c1-2-11-6-3-5-10-8(4-7-12)9(11)13/h8,10,12H,2-7H2,1H3. The summed E-state index contributed by atoms with van der Waals surface area (Å²) in [5.74, 6) is 0.133. The molecule has 4 heteroatoms. The summed E-state index contributed by atoms with van der Waals surface area (Å²) < 4.78 is 0.